The van der Waals surface area contributed by atoms with E-state index in [9.17, 15) is 4.79 Å². The molecule has 2 aliphatic rings. The van der Waals surface area contributed by atoms with Crippen molar-refractivity contribution in [3.63, 3.8) is 0 Å². The fraction of sp³-hybridized carbons (Fsp3) is 0.909. The summed E-state index contributed by atoms with van der Waals surface area (Å²) >= 11 is 5.51. The molecule has 2 fully saturated rings. The van der Waals surface area contributed by atoms with Crippen molar-refractivity contribution in [2.75, 3.05) is 26.3 Å². The minimum atomic E-state index is -0.151. The van der Waals surface area contributed by atoms with E-state index in [-0.39, 0.29) is 11.2 Å². The monoisotopic (exact) mass is 231 g/mol. The molecule has 0 aromatic rings. The molecule has 0 bridgehead atoms. The lowest BCUT2D eigenvalue weighted by atomic mass is 9.95. The molecule has 2 heterocycles. The molecule has 2 aliphatic heterocycles. The van der Waals surface area contributed by atoms with Crippen molar-refractivity contribution in [2.24, 2.45) is 5.92 Å². The largest absolute Gasteiger partial charge is 0.381 e. The number of carbonyl (C=O) groups excluding carboxylic acids is 1. The van der Waals surface area contributed by atoms with Gasteiger partial charge in [0.2, 0.25) is 5.24 Å². The molecular formula is C11H18ClNO2. The van der Waals surface area contributed by atoms with Crippen molar-refractivity contribution in [1.29, 1.82) is 0 Å². The maximum absolute atomic E-state index is 11.0. The first kappa shape index (κ1) is 11.4. The molecule has 0 aromatic heterocycles. The second kappa shape index (κ2) is 5.28. The number of carbonyl (C=O) groups is 1. The molecule has 2 rings (SSSR count). The quantitative estimate of drug-likeness (QED) is 0.677. The summed E-state index contributed by atoms with van der Waals surface area (Å²) in [5, 5.41) is -0.151. The number of ether oxygens (including phenoxy) is 1. The second-order valence-corrected chi connectivity index (χ2v) is 4.83. The third-order valence-corrected chi connectivity index (χ3v) is 3.87. The Labute approximate surface area is 95.7 Å². The standard InChI is InChI=1S/C11H18ClNO2/c12-11(14)9-1-5-13(6-2-9)10-3-7-15-8-4-10/h9-10H,1-8H2. The fourth-order valence-electron chi connectivity index (χ4n) is 2.54. The molecule has 86 valence electrons. The summed E-state index contributed by atoms with van der Waals surface area (Å²) < 4.78 is 5.35. The van der Waals surface area contributed by atoms with Crippen molar-refractivity contribution in [3.05, 3.63) is 0 Å². The summed E-state index contributed by atoms with van der Waals surface area (Å²) in [5.41, 5.74) is 0. The van der Waals surface area contributed by atoms with Gasteiger partial charge in [-0.1, -0.05) is 0 Å². The average molecular weight is 232 g/mol. The van der Waals surface area contributed by atoms with Crippen molar-refractivity contribution >= 4 is 16.8 Å². The predicted octanol–water partition coefficient (Wildman–Crippen LogP) is 1.64. The number of nitrogens with zero attached hydrogens (tertiary/aromatic N) is 1. The number of hydrogen-bond acceptors (Lipinski definition) is 3. The Hall–Kier alpha value is -0.120. The van der Waals surface area contributed by atoms with E-state index in [0.29, 0.717) is 6.04 Å². The van der Waals surface area contributed by atoms with Crippen LogP contribution in [0.1, 0.15) is 25.7 Å². The molecule has 0 radical (unpaired) electrons. The number of likely N-dealkylation sites (tertiary alicyclic amines) is 1. The van der Waals surface area contributed by atoms with Crippen LogP contribution in [0.15, 0.2) is 0 Å². The maximum Gasteiger partial charge on any atom is 0.224 e. The Morgan fingerprint density at radius 2 is 1.73 bits per heavy atom. The number of rotatable bonds is 2. The zero-order chi connectivity index (χ0) is 10.7. The number of halogens is 1. The van der Waals surface area contributed by atoms with E-state index in [1.54, 1.807) is 0 Å². The normalized spacial score (nSPS) is 26.7. The van der Waals surface area contributed by atoms with Gasteiger partial charge >= 0.3 is 0 Å². The predicted molar refractivity (Wildman–Crippen MR) is 59.0 cm³/mol. The fourth-order valence-corrected chi connectivity index (χ4v) is 2.76. The molecule has 2 saturated heterocycles. The van der Waals surface area contributed by atoms with Crippen molar-refractivity contribution in [3.8, 4) is 0 Å². The molecule has 0 N–H and O–H groups in total. The highest BCUT2D eigenvalue weighted by Crippen LogP contribution is 2.24. The van der Waals surface area contributed by atoms with Crippen LogP contribution in [0.3, 0.4) is 0 Å². The van der Waals surface area contributed by atoms with Gasteiger partial charge in [0.05, 0.1) is 0 Å². The van der Waals surface area contributed by atoms with Crippen LogP contribution in [0, 0.1) is 5.92 Å². The van der Waals surface area contributed by atoms with Gasteiger partial charge in [-0.05, 0) is 50.4 Å². The number of hydrogen-bond donors (Lipinski definition) is 0. The van der Waals surface area contributed by atoms with Crippen LogP contribution in [-0.4, -0.2) is 42.5 Å². The van der Waals surface area contributed by atoms with Crippen molar-refractivity contribution in [2.45, 2.75) is 31.7 Å². The lowest BCUT2D eigenvalue weighted by Gasteiger charge is -2.38. The van der Waals surface area contributed by atoms with Gasteiger partial charge in [-0.3, -0.25) is 4.79 Å². The summed E-state index contributed by atoms with van der Waals surface area (Å²) in [7, 11) is 0. The summed E-state index contributed by atoms with van der Waals surface area (Å²) in [5.74, 6) is 0.0998. The molecule has 4 heteroatoms. The van der Waals surface area contributed by atoms with Crippen molar-refractivity contribution in [1.82, 2.24) is 4.90 Å². The van der Waals surface area contributed by atoms with Gasteiger partial charge in [0, 0.05) is 25.2 Å². The van der Waals surface area contributed by atoms with Gasteiger partial charge in [-0.2, -0.15) is 0 Å². The molecule has 0 spiro atoms. The van der Waals surface area contributed by atoms with Crippen LogP contribution < -0.4 is 0 Å². The van der Waals surface area contributed by atoms with E-state index in [2.05, 4.69) is 4.90 Å². The third kappa shape index (κ3) is 2.92. The van der Waals surface area contributed by atoms with E-state index in [4.69, 9.17) is 16.3 Å². The van der Waals surface area contributed by atoms with Crippen LogP contribution in [0.2, 0.25) is 0 Å². The lowest BCUT2D eigenvalue weighted by Crippen LogP contribution is -2.44. The highest BCUT2D eigenvalue weighted by atomic mass is 35.5. The smallest absolute Gasteiger partial charge is 0.224 e. The van der Waals surface area contributed by atoms with Gasteiger partial charge in [0.25, 0.3) is 0 Å². The highest BCUT2D eigenvalue weighted by molar-refractivity contribution is 6.63. The summed E-state index contributed by atoms with van der Waals surface area (Å²) in [4.78, 5) is 13.5. The molecule has 0 amide bonds. The lowest BCUT2D eigenvalue weighted by molar-refractivity contribution is -0.116. The van der Waals surface area contributed by atoms with E-state index < -0.39 is 0 Å². The SMILES string of the molecule is O=C(Cl)C1CCN(C2CCOCC2)CC1. The van der Waals surface area contributed by atoms with E-state index in [1.807, 2.05) is 0 Å². The first-order valence-electron chi connectivity index (χ1n) is 5.78. The first-order valence-corrected chi connectivity index (χ1v) is 6.16. The molecule has 3 nitrogen and oxygen atoms in total. The van der Waals surface area contributed by atoms with Gasteiger partial charge in [0.1, 0.15) is 0 Å². The molecular weight excluding hydrogens is 214 g/mol. The van der Waals surface area contributed by atoms with Crippen LogP contribution >= 0.6 is 11.6 Å². The minimum Gasteiger partial charge on any atom is -0.381 e. The maximum atomic E-state index is 11.0. The van der Waals surface area contributed by atoms with Gasteiger partial charge in [-0.25, -0.2) is 0 Å². The Kier molecular flexibility index (Phi) is 4.00. The topological polar surface area (TPSA) is 29.5 Å². The molecule has 0 aliphatic carbocycles. The zero-order valence-corrected chi connectivity index (χ0v) is 9.71. The summed E-state index contributed by atoms with van der Waals surface area (Å²) in [6.45, 7) is 3.82. The average Bonchev–Trinajstić information content (AvgIpc) is 2.30. The summed E-state index contributed by atoms with van der Waals surface area (Å²) in [6.07, 6.45) is 4.14. The molecule has 0 atom stereocenters. The van der Waals surface area contributed by atoms with Crippen LogP contribution in [0.4, 0.5) is 0 Å². The Morgan fingerprint density at radius 1 is 1.13 bits per heavy atom. The minimum absolute atomic E-state index is 0.0998. The third-order valence-electron chi connectivity index (χ3n) is 3.56. The van der Waals surface area contributed by atoms with E-state index in [1.165, 1.54) is 0 Å². The van der Waals surface area contributed by atoms with E-state index >= 15 is 0 Å². The van der Waals surface area contributed by atoms with Gasteiger partial charge in [-0.15, -0.1) is 0 Å². The van der Waals surface area contributed by atoms with Crippen LogP contribution in [0.25, 0.3) is 0 Å². The van der Waals surface area contributed by atoms with Gasteiger partial charge < -0.3 is 9.64 Å². The second-order valence-electron chi connectivity index (χ2n) is 4.46. The Morgan fingerprint density at radius 3 is 2.27 bits per heavy atom. The molecule has 0 saturated carbocycles. The first-order chi connectivity index (χ1) is 7.27. The van der Waals surface area contributed by atoms with E-state index in [0.717, 1.165) is 52.0 Å². The molecule has 0 aromatic carbocycles. The number of piperidine rings is 1. The van der Waals surface area contributed by atoms with Crippen LogP contribution in [0.5, 0.6) is 0 Å². The van der Waals surface area contributed by atoms with Gasteiger partial charge in [0.15, 0.2) is 0 Å². The van der Waals surface area contributed by atoms with Crippen molar-refractivity contribution < 1.29 is 9.53 Å². The van der Waals surface area contributed by atoms with Crippen LogP contribution in [-0.2, 0) is 9.53 Å². The Balaban J connectivity index is 1.79. The Bertz CT molecular complexity index is 221. The molecule has 0 unspecified atom stereocenters. The zero-order valence-electron chi connectivity index (χ0n) is 8.95. The highest BCUT2D eigenvalue weighted by Gasteiger charge is 2.28. The molecule has 15 heavy (non-hydrogen) atoms. The summed E-state index contributed by atoms with van der Waals surface area (Å²) in [6, 6.07) is 0.671.